The molecule has 1 atom stereocenters. The van der Waals surface area contributed by atoms with E-state index in [2.05, 4.69) is 22.8 Å². The van der Waals surface area contributed by atoms with E-state index in [1.54, 1.807) is 0 Å². The van der Waals surface area contributed by atoms with Crippen LogP contribution in [0.3, 0.4) is 0 Å². The highest BCUT2D eigenvalue weighted by Crippen LogP contribution is 2.30. The Bertz CT molecular complexity index is 418. The maximum Gasteiger partial charge on any atom is 0.389 e. The molecule has 0 amide bonds. The molecule has 2 N–H and O–H groups in total. The van der Waals surface area contributed by atoms with E-state index in [1.807, 2.05) is 12.1 Å². The van der Waals surface area contributed by atoms with Crippen molar-refractivity contribution in [1.82, 2.24) is 5.32 Å². The Balaban J connectivity index is 1.68. The van der Waals surface area contributed by atoms with Gasteiger partial charge in [-0.25, -0.2) is 0 Å². The number of nitrogens with one attached hydrogen (secondary N) is 2. The highest BCUT2D eigenvalue weighted by atomic mass is 19.4. The Morgan fingerprint density at radius 2 is 2.00 bits per heavy atom. The third-order valence-corrected chi connectivity index (χ3v) is 3.66. The maximum atomic E-state index is 12.0. The van der Waals surface area contributed by atoms with Crippen LogP contribution in [-0.2, 0) is 0 Å². The molecule has 5 heteroatoms. The fourth-order valence-corrected chi connectivity index (χ4v) is 2.61. The number of unbranched alkanes of at least 4 members (excludes halogenated alkanes) is 1. The lowest BCUT2D eigenvalue weighted by Gasteiger charge is -2.27. The monoisotopic (exact) mass is 286 g/mol. The summed E-state index contributed by atoms with van der Waals surface area (Å²) in [5.41, 5.74) is 2.49. The zero-order valence-corrected chi connectivity index (χ0v) is 11.5. The quantitative estimate of drug-likeness (QED) is 0.775. The number of hydrogen-bond acceptors (Lipinski definition) is 2. The number of benzene rings is 1. The molecule has 1 aliphatic rings. The van der Waals surface area contributed by atoms with Crippen LogP contribution in [0.1, 0.15) is 37.2 Å². The predicted octanol–water partition coefficient (Wildman–Crippen LogP) is 3.91. The number of para-hydroxylation sites is 1. The van der Waals surface area contributed by atoms with Gasteiger partial charge in [-0.05, 0) is 37.4 Å². The van der Waals surface area contributed by atoms with Crippen molar-refractivity contribution >= 4 is 5.69 Å². The predicted molar refractivity (Wildman–Crippen MR) is 75.1 cm³/mol. The van der Waals surface area contributed by atoms with Crippen LogP contribution in [-0.4, -0.2) is 25.8 Å². The minimum absolute atomic E-state index is 0.208. The summed E-state index contributed by atoms with van der Waals surface area (Å²) in [4.78, 5) is 0. The van der Waals surface area contributed by atoms with Crippen LogP contribution < -0.4 is 10.6 Å². The summed E-state index contributed by atoms with van der Waals surface area (Å²) < 4.78 is 36.0. The lowest BCUT2D eigenvalue weighted by molar-refractivity contribution is -0.135. The van der Waals surface area contributed by atoms with Crippen molar-refractivity contribution in [2.75, 3.05) is 25.0 Å². The summed E-state index contributed by atoms with van der Waals surface area (Å²) >= 11 is 0. The maximum absolute atomic E-state index is 12.0. The molecule has 20 heavy (non-hydrogen) atoms. The van der Waals surface area contributed by atoms with Gasteiger partial charge in [-0.2, -0.15) is 13.2 Å². The molecule has 1 aromatic rings. The van der Waals surface area contributed by atoms with Crippen molar-refractivity contribution in [2.45, 2.75) is 37.8 Å². The Hall–Kier alpha value is -1.23. The lowest BCUT2D eigenvalue weighted by atomic mass is 9.91. The summed E-state index contributed by atoms with van der Waals surface area (Å²) in [5, 5.41) is 6.65. The van der Waals surface area contributed by atoms with Gasteiger partial charge in [-0.1, -0.05) is 18.2 Å². The second-order valence-electron chi connectivity index (χ2n) is 5.28. The third-order valence-electron chi connectivity index (χ3n) is 3.66. The van der Waals surface area contributed by atoms with Crippen LogP contribution in [0.25, 0.3) is 0 Å². The van der Waals surface area contributed by atoms with Crippen molar-refractivity contribution in [3.05, 3.63) is 29.8 Å². The molecule has 1 aliphatic heterocycles. The molecule has 0 spiro atoms. The number of anilines is 1. The number of hydrogen-bond donors (Lipinski definition) is 2. The first-order valence-corrected chi connectivity index (χ1v) is 7.16. The first kappa shape index (κ1) is 15.2. The molecule has 2 rings (SSSR count). The average molecular weight is 286 g/mol. The molecular formula is C15H21F3N2. The van der Waals surface area contributed by atoms with Crippen LogP contribution in [0.5, 0.6) is 0 Å². The van der Waals surface area contributed by atoms with Crippen molar-refractivity contribution < 1.29 is 13.2 Å². The standard InChI is InChI=1S/C15H21F3N2/c16-15(17,18)8-3-4-9-19-11-12-7-10-20-14-6-2-1-5-13(12)14/h1-2,5-6,12,19-20H,3-4,7-11H2. The van der Waals surface area contributed by atoms with Crippen LogP contribution in [0.4, 0.5) is 18.9 Å². The van der Waals surface area contributed by atoms with Gasteiger partial charge in [0.15, 0.2) is 0 Å². The molecule has 0 saturated carbocycles. The lowest BCUT2D eigenvalue weighted by Crippen LogP contribution is -2.27. The van der Waals surface area contributed by atoms with E-state index in [-0.39, 0.29) is 6.42 Å². The largest absolute Gasteiger partial charge is 0.389 e. The van der Waals surface area contributed by atoms with Crippen LogP contribution in [0.2, 0.25) is 0 Å². The van der Waals surface area contributed by atoms with Crippen LogP contribution in [0, 0.1) is 0 Å². The first-order chi connectivity index (χ1) is 9.56. The fraction of sp³-hybridized carbons (Fsp3) is 0.600. The Labute approximate surface area is 117 Å². The van der Waals surface area contributed by atoms with E-state index in [1.165, 1.54) is 11.3 Å². The summed E-state index contributed by atoms with van der Waals surface area (Å²) in [5.74, 6) is 0.454. The van der Waals surface area contributed by atoms with Crippen LogP contribution in [0.15, 0.2) is 24.3 Å². The molecule has 112 valence electrons. The van der Waals surface area contributed by atoms with Gasteiger partial charge in [0.05, 0.1) is 0 Å². The van der Waals surface area contributed by atoms with E-state index in [9.17, 15) is 13.2 Å². The van der Waals surface area contributed by atoms with E-state index in [0.717, 1.165) is 19.5 Å². The second-order valence-corrected chi connectivity index (χ2v) is 5.28. The number of halogens is 3. The highest BCUT2D eigenvalue weighted by molar-refractivity contribution is 5.54. The molecule has 0 bridgehead atoms. The summed E-state index contributed by atoms with van der Waals surface area (Å²) in [6, 6.07) is 8.24. The fourth-order valence-electron chi connectivity index (χ4n) is 2.61. The third kappa shape index (κ3) is 4.71. The van der Waals surface area contributed by atoms with Crippen molar-refractivity contribution in [3.63, 3.8) is 0 Å². The molecule has 0 aliphatic carbocycles. The van der Waals surface area contributed by atoms with E-state index in [0.29, 0.717) is 18.9 Å². The Morgan fingerprint density at radius 3 is 2.80 bits per heavy atom. The van der Waals surface area contributed by atoms with Gasteiger partial charge >= 0.3 is 6.18 Å². The van der Waals surface area contributed by atoms with Gasteiger partial charge < -0.3 is 10.6 Å². The minimum Gasteiger partial charge on any atom is -0.385 e. The molecule has 0 fully saturated rings. The molecule has 1 heterocycles. The topological polar surface area (TPSA) is 24.1 Å². The number of rotatable bonds is 6. The second kappa shape index (κ2) is 6.97. The summed E-state index contributed by atoms with van der Waals surface area (Å²) in [7, 11) is 0. The first-order valence-electron chi connectivity index (χ1n) is 7.16. The van der Waals surface area contributed by atoms with Gasteiger partial charge in [0.25, 0.3) is 0 Å². The molecule has 1 aromatic carbocycles. The summed E-state index contributed by atoms with van der Waals surface area (Å²) in [6.45, 7) is 2.45. The summed E-state index contributed by atoms with van der Waals surface area (Å²) in [6.07, 6.45) is -2.85. The highest BCUT2D eigenvalue weighted by Gasteiger charge is 2.25. The molecule has 1 unspecified atom stereocenters. The zero-order chi connectivity index (χ0) is 14.4. The van der Waals surface area contributed by atoms with Crippen molar-refractivity contribution in [1.29, 1.82) is 0 Å². The van der Waals surface area contributed by atoms with E-state index in [4.69, 9.17) is 0 Å². The van der Waals surface area contributed by atoms with Gasteiger partial charge in [-0.15, -0.1) is 0 Å². The molecule has 0 aromatic heterocycles. The molecule has 0 radical (unpaired) electrons. The average Bonchev–Trinajstić information content (AvgIpc) is 2.41. The molecular weight excluding hydrogens is 265 g/mol. The van der Waals surface area contributed by atoms with Gasteiger partial charge in [0.1, 0.15) is 0 Å². The SMILES string of the molecule is FC(F)(F)CCCCNCC1CCNc2ccccc21. The van der Waals surface area contributed by atoms with E-state index >= 15 is 0 Å². The minimum atomic E-state index is -4.02. The smallest absolute Gasteiger partial charge is 0.385 e. The van der Waals surface area contributed by atoms with Crippen molar-refractivity contribution in [3.8, 4) is 0 Å². The zero-order valence-electron chi connectivity index (χ0n) is 11.5. The normalized spacial score (nSPS) is 18.4. The molecule has 2 nitrogen and oxygen atoms in total. The number of alkyl halides is 3. The Morgan fingerprint density at radius 1 is 1.20 bits per heavy atom. The Kier molecular flexibility index (Phi) is 5.29. The molecule has 0 saturated heterocycles. The van der Waals surface area contributed by atoms with Gasteiger partial charge in [0.2, 0.25) is 0 Å². The van der Waals surface area contributed by atoms with E-state index < -0.39 is 12.6 Å². The van der Waals surface area contributed by atoms with Gasteiger partial charge in [-0.3, -0.25) is 0 Å². The van der Waals surface area contributed by atoms with Gasteiger partial charge in [0, 0.05) is 31.1 Å². The van der Waals surface area contributed by atoms with Crippen LogP contribution >= 0.6 is 0 Å². The number of fused-ring (bicyclic) bond motifs is 1. The van der Waals surface area contributed by atoms with Crippen molar-refractivity contribution in [2.24, 2.45) is 0 Å².